The molecule has 0 spiro atoms. The van der Waals surface area contributed by atoms with Crippen LogP contribution in [-0.2, 0) is 6.54 Å². The van der Waals surface area contributed by atoms with Gasteiger partial charge in [-0.3, -0.25) is 0 Å². The van der Waals surface area contributed by atoms with Crippen LogP contribution in [0.4, 0.5) is 0 Å². The smallest absolute Gasteiger partial charge is 0.232 e. The summed E-state index contributed by atoms with van der Waals surface area (Å²) in [6, 6.07) is 3.30. The molecule has 0 bridgehead atoms. The molecular weight excluding hydrogens is 286 g/mol. The maximum absolute atomic E-state index is 6.26. The summed E-state index contributed by atoms with van der Waals surface area (Å²) in [5.41, 5.74) is 1.12. The first-order valence-corrected chi connectivity index (χ1v) is 8.31. The van der Waals surface area contributed by atoms with Crippen LogP contribution in [0.25, 0.3) is 0 Å². The zero-order valence-electron chi connectivity index (χ0n) is 12.6. The van der Waals surface area contributed by atoms with Gasteiger partial charge in [-0.25, -0.2) is 4.98 Å². The highest BCUT2D eigenvalue weighted by Gasteiger charge is 2.21. The molecule has 1 aromatic heterocycles. The molecule has 3 rings (SSSR count). The van der Waals surface area contributed by atoms with E-state index in [1.165, 1.54) is 32.2 Å². The fourth-order valence-corrected chi connectivity index (χ4v) is 3.10. The second-order valence-corrected chi connectivity index (χ2v) is 6.61. The molecule has 1 saturated carbocycles. The number of rotatable bonds is 7. The van der Waals surface area contributed by atoms with Crippen molar-refractivity contribution in [1.29, 1.82) is 0 Å². The Labute approximate surface area is 131 Å². The SMILES string of the molecule is CN1CCCC1CCOc1ncc(CNC2CC2)cc1Cl. The third-order valence-electron chi connectivity index (χ3n) is 4.40. The zero-order valence-corrected chi connectivity index (χ0v) is 13.4. The first-order valence-electron chi connectivity index (χ1n) is 7.93. The molecule has 1 saturated heterocycles. The molecule has 1 unspecified atom stereocenters. The summed E-state index contributed by atoms with van der Waals surface area (Å²) >= 11 is 6.26. The second kappa shape index (κ2) is 6.95. The number of nitrogens with one attached hydrogen (secondary N) is 1. The van der Waals surface area contributed by atoms with Crippen LogP contribution in [0.5, 0.6) is 5.88 Å². The summed E-state index contributed by atoms with van der Waals surface area (Å²) in [7, 11) is 2.19. The molecular formula is C16H24ClN3O. The van der Waals surface area contributed by atoms with E-state index in [1.807, 2.05) is 12.3 Å². The average molecular weight is 310 g/mol. The normalized spacial score (nSPS) is 22.7. The molecule has 1 aromatic rings. The van der Waals surface area contributed by atoms with Gasteiger partial charge in [-0.05, 0) is 57.3 Å². The van der Waals surface area contributed by atoms with E-state index >= 15 is 0 Å². The van der Waals surface area contributed by atoms with Gasteiger partial charge >= 0.3 is 0 Å². The van der Waals surface area contributed by atoms with Gasteiger partial charge in [0.1, 0.15) is 5.02 Å². The van der Waals surface area contributed by atoms with Crippen molar-refractivity contribution < 1.29 is 4.74 Å². The lowest BCUT2D eigenvalue weighted by Crippen LogP contribution is -2.26. The zero-order chi connectivity index (χ0) is 14.7. The first-order chi connectivity index (χ1) is 10.2. The van der Waals surface area contributed by atoms with Crippen LogP contribution in [0.3, 0.4) is 0 Å². The molecule has 1 aliphatic heterocycles. The molecule has 1 aliphatic carbocycles. The molecule has 2 aliphatic rings. The standard InChI is InChI=1S/C16H24ClN3O/c1-20-7-2-3-14(20)6-8-21-16-15(17)9-12(11-19-16)10-18-13-4-5-13/h9,11,13-14,18H,2-8,10H2,1H3. The van der Waals surface area contributed by atoms with Crippen LogP contribution in [0.15, 0.2) is 12.3 Å². The van der Waals surface area contributed by atoms with Gasteiger partial charge in [-0.1, -0.05) is 11.6 Å². The quantitative estimate of drug-likeness (QED) is 0.840. The van der Waals surface area contributed by atoms with Gasteiger partial charge in [0.25, 0.3) is 0 Å². The molecule has 2 fully saturated rings. The monoisotopic (exact) mass is 309 g/mol. The molecule has 1 atom stereocenters. The lowest BCUT2D eigenvalue weighted by Gasteiger charge is -2.19. The highest BCUT2D eigenvalue weighted by Crippen LogP contribution is 2.25. The van der Waals surface area contributed by atoms with Gasteiger partial charge in [0.15, 0.2) is 0 Å². The molecule has 0 aromatic carbocycles. The lowest BCUT2D eigenvalue weighted by atomic mass is 10.1. The number of likely N-dealkylation sites (tertiary alicyclic amines) is 1. The lowest BCUT2D eigenvalue weighted by molar-refractivity contribution is 0.228. The maximum atomic E-state index is 6.26. The van der Waals surface area contributed by atoms with Crippen molar-refractivity contribution in [3.63, 3.8) is 0 Å². The van der Waals surface area contributed by atoms with Crippen molar-refractivity contribution in [3.8, 4) is 5.88 Å². The van der Waals surface area contributed by atoms with Gasteiger partial charge in [0.2, 0.25) is 5.88 Å². The minimum Gasteiger partial charge on any atom is -0.477 e. The number of hydrogen-bond acceptors (Lipinski definition) is 4. The fourth-order valence-electron chi connectivity index (χ4n) is 2.85. The summed E-state index contributed by atoms with van der Waals surface area (Å²) in [5, 5.41) is 4.08. The van der Waals surface area contributed by atoms with E-state index in [0.29, 0.717) is 29.6 Å². The van der Waals surface area contributed by atoms with E-state index in [1.54, 1.807) is 0 Å². The molecule has 21 heavy (non-hydrogen) atoms. The van der Waals surface area contributed by atoms with Crippen LogP contribution in [0.2, 0.25) is 5.02 Å². The largest absolute Gasteiger partial charge is 0.477 e. The topological polar surface area (TPSA) is 37.4 Å². The Morgan fingerprint density at radius 1 is 1.43 bits per heavy atom. The van der Waals surface area contributed by atoms with Crippen LogP contribution >= 0.6 is 11.6 Å². The fraction of sp³-hybridized carbons (Fsp3) is 0.688. The van der Waals surface area contributed by atoms with E-state index in [-0.39, 0.29) is 0 Å². The number of aromatic nitrogens is 1. The van der Waals surface area contributed by atoms with E-state index < -0.39 is 0 Å². The Bertz CT molecular complexity index is 479. The number of pyridine rings is 1. The van der Waals surface area contributed by atoms with Gasteiger partial charge in [0, 0.05) is 24.8 Å². The summed E-state index contributed by atoms with van der Waals surface area (Å²) in [6.45, 7) is 2.72. The van der Waals surface area contributed by atoms with Crippen molar-refractivity contribution in [2.75, 3.05) is 20.2 Å². The molecule has 5 heteroatoms. The second-order valence-electron chi connectivity index (χ2n) is 6.20. The minimum absolute atomic E-state index is 0.562. The van der Waals surface area contributed by atoms with E-state index in [2.05, 4.69) is 22.2 Å². The van der Waals surface area contributed by atoms with Crippen LogP contribution < -0.4 is 10.1 Å². The molecule has 4 nitrogen and oxygen atoms in total. The molecule has 116 valence electrons. The van der Waals surface area contributed by atoms with Crippen molar-refractivity contribution in [1.82, 2.24) is 15.2 Å². The Morgan fingerprint density at radius 3 is 2.95 bits per heavy atom. The molecule has 0 radical (unpaired) electrons. The van der Waals surface area contributed by atoms with Crippen LogP contribution in [0.1, 0.15) is 37.7 Å². The number of halogens is 1. The Hall–Kier alpha value is -0.840. The summed E-state index contributed by atoms with van der Waals surface area (Å²) < 4.78 is 5.75. The first kappa shape index (κ1) is 15.1. The minimum atomic E-state index is 0.562. The van der Waals surface area contributed by atoms with Crippen LogP contribution in [-0.4, -0.2) is 42.2 Å². The highest BCUT2D eigenvalue weighted by atomic mass is 35.5. The highest BCUT2D eigenvalue weighted by molar-refractivity contribution is 6.31. The molecule has 2 heterocycles. The maximum Gasteiger partial charge on any atom is 0.232 e. The van der Waals surface area contributed by atoms with Crippen molar-refractivity contribution in [3.05, 3.63) is 22.8 Å². The summed E-state index contributed by atoms with van der Waals surface area (Å²) in [6.07, 6.45) is 8.05. The van der Waals surface area contributed by atoms with Crippen molar-refractivity contribution in [2.45, 2.75) is 50.7 Å². The predicted octanol–water partition coefficient (Wildman–Crippen LogP) is 2.85. The van der Waals surface area contributed by atoms with Gasteiger partial charge in [-0.2, -0.15) is 0 Å². The van der Waals surface area contributed by atoms with Crippen LogP contribution in [0, 0.1) is 0 Å². The van der Waals surface area contributed by atoms with Gasteiger partial charge < -0.3 is 15.0 Å². The third kappa shape index (κ3) is 4.31. The number of hydrogen-bond donors (Lipinski definition) is 1. The average Bonchev–Trinajstić information content (AvgIpc) is 3.22. The number of ether oxygens (including phenoxy) is 1. The Balaban J connectivity index is 1.45. The summed E-state index contributed by atoms with van der Waals surface area (Å²) in [5.74, 6) is 0.562. The molecule has 0 amide bonds. The molecule has 1 N–H and O–H groups in total. The van der Waals surface area contributed by atoms with E-state index in [0.717, 1.165) is 18.5 Å². The predicted molar refractivity (Wildman–Crippen MR) is 84.9 cm³/mol. The van der Waals surface area contributed by atoms with Crippen molar-refractivity contribution >= 4 is 11.6 Å². The van der Waals surface area contributed by atoms with E-state index in [4.69, 9.17) is 16.3 Å². The van der Waals surface area contributed by atoms with E-state index in [9.17, 15) is 0 Å². The van der Waals surface area contributed by atoms with Gasteiger partial charge in [0.05, 0.1) is 6.61 Å². The Kier molecular flexibility index (Phi) is 4.99. The third-order valence-corrected chi connectivity index (χ3v) is 4.67. The van der Waals surface area contributed by atoms with Gasteiger partial charge in [-0.15, -0.1) is 0 Å². The Morgan fingerprint density at radius 2 is 2.29 bits per heavy atom. The van der Waals surface area contributed by atoms with Crippen molar-refractivity contribution in [2.24, 2.45) is 0 Å². The summed E-state index contributed by atoms with van der Waals surface area (Å²) in [4.78, 5) is 6.76. The number of nitrogens with zero attached hydrogens (tertiary/aromatic N) is 2.